The van der Waals surface area contributed by atoms with Gasteiger partial charge in [0.25, 0.3) is 0 Å². The fourth-order valence-electron chi connectivity index (χ4n) is 2.01. The molecule has 1 aliphatic rings. The van der Waals surface area contributed by atoms with Crippen LogP contribution in [0.5, 0.6) is 0 Å². The molecular formula is C12H21NO. The number of hydrogen-bond acceptors (Lipinski definition) is 1. The van der Waals surface area contributed by atoms with E-state index in [0.29, 0.717) is 12.3 Å². The van der Waals surface area contributed by atoms with Crippen LogP contribution in [0.2, 0.25) is 0 Å². The summed E-state index contributed by atoms with van der Waals surface area (Å²) in [5.41, 5.74) is 5.11. The molecule has 2 heteroatoms. The van der Waals surface area contributed by atoms with E-state index in [0.717, 1.165) is 12.8 Å². The van der Waals surface area contributed by atoms with Crippen LogP contribution in [0, 0.1) is 5.92 Å². The summed E-state index contributed by atoms with van der Waals surface area (Å²) in [6.45, 7) is 0. The van der Waals surface area contributed by atoms with Crippen molar-refractivity contribution in [2.24, 2.45) is 11.7 Å². The molecule has 0 fully saturated rings. The van der Waals surface area contributed by atoms with Crippen molar-refractivity contribution in [3.8, 4) is 0 Å². The Bertz CT molecular complexity index is 198. The van der Waals surface area contributed by atoms with Crippen LogP contribution in [-0.2, 0) is 4.79 Å². The maximum absolute atomic E-state index is 10.6. The molecule has 0 saturated carbocycles. The molecule has 14 heavy (non-hydrogen) atoms. The predicted octanol–water partition coefficient (Wildman–Crippen LogP) is 2.78. The summed E-state index contributed by atoms with van der Waals surface area (Å²) in [6.07, 6.45) is 13.8. The third-order valence-corrected chi connectivity index (χ3v) is 2.85. The maximum atomic E-state index is 10.6. The van der Waals surface area contributed by atoms with Gasteiger partial charge in [0.15, 0.2) is 0 Å². The van der Waals surface area contributed by atoms with E-state index in [1.807, 2.05) is 0 Å². The third kappa shape index (κ3) is 5.05. The van der Waals surface area contributed by atoms with Crippen molar-refractivity contribution >= 4 is 5.91 Å². The largest absolute Gasteiger partial charge is 0.370 e. The van der Waals surface area contributed by atoms with Gasteiger partial charge in [-0.1, -0.05) is 25.0 Å². The molecule has 0 heterocycles. The normalized spacial score (nSPS) is 22.7. The van der Waals surface area contributed by atoms with Gasteiger partial charge in [0, 0.05) is 6.42 Å². The molecule has 0 radical (unpaired) electrons. The molecule has 0 aromatic carbocycles. The second-order valence-electron chi connectivity index (χ2n) is 4.18. The predicted molar refractivity (Wildman–Crippen MR) is 58.8 cm³/mol. The van der Waals surface area contributed by atoms with E-state index in [4.69, 9.17) is 5.73 Å². The number of carbonyl (C=O) groups is 1. The molecule has 0 spiro atoms. The van der Waals surface area contributed by atoms with Crippen molar-refractivity contribution < 1.29 is 4.79 Å². The second-order valence-corrected chi connectivity index (χ2v) is 4.18. The van der Waals surface area contributed by atoms with Gasteiger partial charge in [-0.15, -0.1) is 0 Å². The molecule has 0 saturated heterocycles. The topological polar surface area (TPSA) is 43.1 Å². The zero-order valence-corrected chi connectivity index (χ0v) is 8.87. The van der Waals surface area contributed by atoms with Crippen molar-refractivity contribution in [3.63, 3.8) is 0 Å². The molecule has 1 unspecified atom stereocenters. The highest BCUT2D eigenvalue weighted by molar-refractivity contribution is 5.73. The number of nitrogens with two attached hydrogens (primary N) is 1. The standard InChI is InChI=1S/C12H21NO/c13-12(14)10-6-9-11-7-4-2-1-3-5-8-11/h4,7,11H,1-3,5-6,8-10H2,(H2,13,14). The van der Waals surface area contributed by atoms with Gasteiger partial charge < -0.3 is 5.73 Å². The first-order chi connectivity index (χ1) is 6.79. The third-order valence-electron chi connectivity index (χ3n) is 2.85. The summed E-state index contributed by atoms with van der Waals surface area (Å²) in [7, 11) is 0. The molecule has 2 N–H and O–H groups in total. The van der Waals surface area contributed by atoms with Crippen LogP contribution in [0.1, 0.15) is 51.4 Å². The summed E-state index contributed by atoms with van der Waals surface area (Å²) in [6, 6.07) is 0. The lowest BCUT2D eigenvalue weighted by Gasteiger charge is -2.14. The van der Waals surface area contributed by atoms with E-state index in [1.54, 1.807) is 0 Å². The van der Waals surface area contributed by atoms with E-state index in [9.17, 15) is 4.79 Å². The first-order valence-corrected chi connectivity index (χ1v) is 5.74. The van der Waals surface area contributed by atoms with E-state index in [1.165, 1.54) is 32.1 Å². The number of primary amides is 1. The first-order valence-electron chi connectivity index (χ1n) is 5.74. The van der Waals surface area contributed by atoms with Gasteiger partial charge in [0.05, 0.1) is 0 Å². The highest BCUT2D eigenvalue weighted by Crippen LogP contribution is 2.21. The molecule has 80 valence electrons. The minimum atomic E-state index is -0.167. The SMILES string of the molecule is NC(=O)CCCC1C=CCCCCC1. The molecule has 0 bridgehead atoms. The Morgan fingerprint density at radius 3 is 3.00 bits per heavy atom. The van der Waals surface area contributed by atoms with E-state index in [-0.39, 0.29) is 5.91 Å². The minimum Gasteiger partial charge on any atom is -0.370 e. The van der Waals surface area contributed by atoms with Crippen LogP contribution < -0.4 is 5.73 Å². The average Bonchev–Trinajstić information content (AvgIpc) is 2.07. The van der Waals surface area contributed by atoms with Gasteiger partial charge in [-0.3, -0.25) is 4.79 Å². The van der Waals surface area contributed by atoms with Crippen LogP contribution in [0.15, 0.2) is 12.2 Å². The monoisotopic (exact) mass is 195 g/mol. The molecule has 0 aromatic rings. The molecular weight excluding hydrogens is 174 g/mol. The molecule has 0 aliphatic heterocycles. The summed E-state index contributed by atoms with van der Waals surface area (Å²) in [5, 5.41) is 0. The van der Waals surface area contributed by atoms with Gasteiger partial charge in [-0.25, -0.2) is 0 Å². The molecule has 1 aliphatic carbocycles. The second kappa shape index (κ2) is 6.63. The number of amides is 1. The van der Waals surface area contributed by atoms with Crippen molar-refractivity contribution in [3.05, 3.63) is 12.2 Å². The Balaban J connectivity index is 2.20. The molecule has 2 nitrogen and oxygen atoms in total. The van der Waals surface area contributed by atoms with Crippen molar-refractivity contribution in [2.45, 2.75) is 51.4 Å². The Morgan fingerprint density at radius 2 is 2.21 bits per heavy atom. The molecule has 1 rings (SSSR count). The van der Waals surface area contributed by atoms with Crippen molar-refractivity contribution in [1.82, 2.24) is 0 Å². The Labute approximate surface area is 86.6 Å². The Morgan fingerprint density at radius 1 is 1.36 bits per heavy atom. The van der Waals surface area contributed by atoms with Gasteiger partial charge in [0.1, 0.15) is 0 Å². The van der Waals surface area contributed by atoms with Gasteiger partial charge >= 0.3 is 0 Å². The quantitative estimate of drug-likeness (QED) is 0.689. The Hall–Kier alpha value is -0.790. The van der Waals surface area contributed by atoms with Crippen LogP contribution in [-0.4, -0.2) is 5.91 Å². The zero-order chi connectivity index (χ0) is 10.2. The number of rotatable bonds is 4. The van der Waals surface area contributed by atoms with E-state index >= 15 is 0 Å². The molecule has 1 atom stereocenters. The lowest BCUT2D eigenvalue weighted by Crippen LogP contribution is -2.10. The summed E-state index contributed by atoms with van der Waals surface area (Å²) in [4.78, 5) is 10.6. The van der Waals surface area contributed by atoms with Crippen LogP contribution >= 0.6 is 0 Å². The lowest BCUT2D eigenvalue weighted by atomic mass is 9.92. The summed E-state index contributed by atoms with van der Waals surface area (Å²) in [5.74, 6) is 0.523. The smallest absolute Gasteiger partial charge is 0.217 e. The van der Waals surface area contributed by atoms with Gasteiger partial charge in [-0.2, -0.15) is 0 Å². The van der Waals surface area contributed by atoms with Crippen molar-refractivity contribution in [2.75, 3.05) is 0 Å². The van der Waals surface area contributed by atoms with Crippen LogP contribution in [0.25, 0.3) is 0 Å². The highest BCUT2D eigenvalue weighted by atomic mass is 16.1. The average molecular weight is 195 g/mol. The number of hydrogen-bond donors (Lipinski definition) is 1. The fraction of sp³-hybridized carbons (Fsp3) is 0.750. The van der Waals surface area contributed by atoms with Gasteiger partial charge in [0.2, 0.25) is 5.91 Å². The number of allylic oxidation sites excluding steroid dienone is 2. The fourth-order valence-corrected chi connectivity index (χ4v) is 2.01. The minimum absolute atomic E-state index is 0.167. The number of carbonyl (C=O) groups excluding carboxylic acids is 1. The first kappa shape index (κ1) is 11.3. The highest BCUT2D eigenvalue weighted by Gasteiger charge is 2.07. The van der Waals surface area contributed by atoms with Crippen molar-refractivity contribution in [1.29, 1.82) is 0 Å². The van der Waals surface area contributed by atoms with Crippen LogP contribution in [0.3, 0.4) is 0 Å². The molecule has 0 aromatic heterocycles. The van der Waals surface area contributed by atoms with Crippen LogP contribution in [0.4, 0.5) is 0 Å². The lowest BCUT2D eigenvalue weighted by molar-refractivity contribution is -0.118. The summed E-state index contributed by atoms with van der Waals surface area (Å²) >= 11 is 0. The van der Waals surface area contributed by atoms with Gasteiger partial charge in [-0.05, 0) is 38.0 Å². The van der Waals surface area contributed by atoms with E-state index in [2.05, 4.69) is 12.2 Å². The summed E-state index contributed by atoms with van der Waals surface area (Å²) < 4.78 is 0. The molecule has 1 amide bonds. The maximum Gasteiger partial charge on any atom is 0.217 e. The Kier molecular flexibility index (Phi) is 5.35. The van der Waals surface area contributed by atoms with E-state index < -0.39 is 0 Å². The zero-order valence-electron chi connectivity index (χ0n) is 8.87.